The number of thiazole rings is 1. The van der Waals surface area contributed by atoms with E-state index in [9.17, 15) is 9.59 Å². The monoisotopic (exact) mass is 497 g/mol. The van der Waals surface area contributed by atoms with Gasteiger partial charge in [-0.05, 0) is 30.7 Å². The van der Waals surface area contributed by atoms with Crippen LogP contribution in [-0.2, 0) is 11.3 Å². The molecule has 1 fully saturated rings. The van der Waals surface area contributed by atoms with Gasteiger partial charge in [0.05, 0.1) is 11.2 Å². The molecule has 2 atom stereocenters. The molecule has 2 amide bonds. The normalized spacial score (nSPS) is 17.9. The molecular weight excluding hydrogens is 470 g/mol. The van der Waals surface area contributed by atoms with Crippen molar-refractivity contribution in [2.75, 3.05) is 20.1 Å². The predicted molar refractivity (Wildman–Crippen MR) is 134 cm³/mol. The highest BCUT2D eigenvalue weighted by Gasteiger charge is 2.36. The van der Waals surface area contributed by atoms with Gasteiger partial charge in [-0.1, -0.05) is 48.0 Å². The minimum absolute atomic E-state index is 0.0248. The van der Waals surface area contributed by atoms with Crippen LogP contribution in [0.15, 0.2) is 60.1 Å². The van der Waals surface area contributed by atoms with Gasteiger partial charge >= 0.3 is 0 Å². The van der Waals surface area contributed by atoms with E-state index < -0.39 is 0 Å². The van der Waals surface area contributed by atoms with Crippen molar-refractivity contribution in [3.05, 3.63) is 81.3 Å². The third-order valence-corrected chi connectivity index (χ3v) is 7.25. The average Bonchev–Trinajstić information content (AvgIpc) is 3.26. The summed E-state index contributed by atoms with van der Waals surface area (Å²) in [4.78, 5) is 34.7. The van der Waals surface area contributed by atoms with E-state index in [0.717, 1.165) is 11.3 Å². The molecule has 4 rings (SSSR count). The van der Waals surface area contributed by atoms with Gasteiger partial charge in [0.2, 0.25) is 5.91 Å². The van der Waals surface area contributed by atoms with Crippen molar-refractivity contribution in [1.82, 2.24) is 14.8 Å². The van der Waals surface area contributed by atoms with Crippen LogP contribution in [0, 0.1) is 12.8 Å². The summed E-state index contributed by atoms with van der Waals surface area (Å²) in [6.45, 7) is 3.39. The van der Waals surface area contributed by atoms with Crippen molar-refractivity contribution in [2.24, 2.45) is 5.92 Å². The number of carbonyl (C=O) groups excluding carboxylic acids is 2. The molecule has 34 heavy (non-hydrogen) atoms. The standard InChI is InChI=1S/C26H28ClN3O3S/c1-18-25(34-17-28-18)26(32)30-12-11-23(33-22-10-6-9-21(27)14-22)20(16-30)13-24(31)29(2)15-19-7-4-3-5-8-19/h3-10,14,17,20,23H,11-13,15-16H2,1-2H3/t20-,23-/m0/s1. The molecule has 0 radical (unpaired) electrons. The predicted octanol–water partition coefficient (Wildman–Crippen LogP) is 5.06. The quantitative estimate of drug-likeness (QED) is 0.457. The summed E-state index contributed by atoms with van der Waals surface area (Å²) < 4.78 is 6.29. The molecular formula is C26H28ClN3O3S. The van der Waals surface area contributed by atoms with Gasteiger partial charge in [0.15, 0.2) is 0 Å². The van der Waals surface area contributed by atoms with E-state index in [1.165, 1.54) is 11.3 Å². The van der Waals surface area contributed by atoms with E-state index in [4.69, 9.17) is 16.3 Å². The van der Waals surface area contributed by atoms with Gasteiger partial charge in [0, 0.05) is 50.5 Å². The number of aromatic nitrogens is 1. The number of piperidine rings is 1. The highest BCUT2D eigenvalue weighted by atomic mass is 35.5. The van der Waals surface area contributed by atoms with Crippen molar-refractivity contribution < 1.29 is 14.3 Å². The van der Waals surface area contributed by atoms with Crippen molar-refractivity contribution in [2.45, 2.75) is 32.4 Å². The average molecular weight is 498 g/mol. The molecule has 3 aromatic rings. The first-order valence-electron chi connectivity index (χ1n) is 11.3. The lowest BCUT2D eigenvalue weighted by molar-refractivity contribution is -0.132. The summed E-state index contributed by atoms with van der Waals surface area (Å²) in [6, 6.07) is 17.2. The Morgan fingerprint density at radius 1 is 1.21 bits per heavy atom. The van der Waals surface area contributed by atoms with Crippen LogP contribution >= 0.6 is 22.9 Å². The topological polar surface area (TPSA) is 62.7 Å². The molecule has 178 valence electrons. The maximum Gasteiger partial charge on any atom is 0.265 e. The van der Waals surface area contributed by atoms with E-state index in [1.807, 2.05) is 61.3 Å². The second-order valence-corrected chi connectivity index (χ2v) is 9.91. The molecule has 1 aliphatic rings. The third kappa shape index (κ3) is 5.96. The number of amides is 2. The number of hydrogen-bond donors (Lipinski definition) is 0. The minimum atomic E-state index is -0.195. The van der Waals surface area contributed by atoms with Gasteiger partial charge < -0.3 is 14.5 Å². The van der Waals surface area contributed by atoms with Gasteiger partial charge in [0.25, 0.3) is 5.91 Å². The number of hydrogen-bond acceptors (Lipinski definition) is 5. The summed E-state index contributed by atoms with van der Waals surface area (Å²) in [5, 5.41) is 0.598. The Morgan fingerprint density at radius 2 is 2.00 bits per heavy atom. The fourth-order valence-electron chi connectivity index (χ4n) is 4.24. The Labute approximate surface area is 209 Å². The molecule has 0 N–H and O–H groups in total. The van der Waals surface area contributed by atoms with E-state index >= 15 is 0 Å². The summed E-state index contributed by atoms with van der Waals surface area (Å²) in [7, 11) is 1.81. The Kier molecular flexibility index (Phi) is 7.85. The molecule has 0 aliphatic carbocycles. The van der Waals surface area contributed by atoms with Crippen molar-refractivity contribution >= 4 is 34.8 Å². The minimum Gasteiger partial charge on any atom is -0.490 e. The number of likely N-dealkylation sites (tertiary alicyclic amines) is 1. The fraction of sp³-hybridized carbons (Fsp3) is 0.346. The van der Waals surface area contributed by atoms with Crippen LogP contribution in [0.25, 0.3) is 0 Å². The number of rotatable bonds is 7. The molecule has 8 heteroatoms. The molecule has 0 saturated carbocycles. The van der Waals surface area contributed by atoms with Crippen molar-refractivity contribution in [3.8, 4) is 5.75 Å². The van der Waals surface area contributed by atoms with Crippen LogP contribution in [0.5, 0.6) is 5.75 Å². The SMILES string of the molecule is Cc1ncsc1C(=O)N1CC[C@H](Oc2cccc(Cl)c2)[C@@H](CC(=O)N(C)Cc2ccccc2)C1. The number of halogens is 1. The number of ether oxygens (including phenoxy) is 1. The lowest BCUT2D eigenvalue weighted by Gasteiger charge is -2.38. The summed E-state index contributed by atoms with van der Waals surface area (Å²) in [5.41, 5.74) is 3.51. The summed E-state index contributed by atoms with van der Waals surface area (Å²) in [6.07, 6.45) is 0.732. The highest BCUT2D eigenvalue weighted by Crippen LogP contribution is 2.29. The van der Waals surface area contributed by atoms with Crippen molar-refractivity contribution in [3.63, 3.8) is 0 Å². The zero-order valence-electron chi connectivity index (χ0n) is 19.3. The molecule has 1 aromatic heterocycles. The van der Waals surface area contributed by atoms with Gasteiger partial charge in [0.1, 0.15) is 16.7 Å². The maximum absolute atomic E-state index is 13.2. The maximum atomic E-state index is 13.2. The number of nitrogens with zero attached hydrogens (tertiary/aromatic N) is 3. The highest BCUT2D eigenvalue weighted by molar-refractivity contribution is 7.11. The summed E-state index contributed by atoms with van der Waals surface area (Å²) >= 11 is 7.49. The molecule has 2 heterocycles. The molecule has 6 nitrogen and oxygen atoms in total. The second-order valence-electron chi connectivity index (χ2n) is 8.62. The number of aryl methyl sites for hydroxylation is 1. The van der Waals surface area contributed by atoms with E-state index in [-0.39, 0.29) is 23.8 Å². The van der Waals surface area contributed by atoms with Crippen molar-refractivity contribution in [1.29, 1.82) is 0 Å². The Hall–Kier alpha value is -2.90. The first-order chi connectivity index (χ1) is 16.4. The first-order valence-corrected chi connectivity index (χ1v) is 12.6. The van der Waals surface area contributed by atoms with Gasteiger partial charge in [-0.2, -0.15) is 0 Å². The molecule has 0 spiro atoms. The van der Waals surface area contributed by atoms with Gasteiger partial charge in [-0.3, -0.25) is 9.59 Å². The van der Waals surface area contributed by atoms with Crippen LogP contribution < -0.4 is 4.74 Å². The van der Waals surface area contributed by atoms with Gasteiger partial charge in [-0.25, -0.2) is 4.98 Å². The number of carbonyl (C=O) groups is 2. The Bertz CT molecular complexity index is 1140. The van der Waals surface area contributed by atoms with Crippen LogP contribution in [0.1, 0.15) is 33.8 Å². The van der Waals surface area contributed by atoms with Crippen LogP contribution in [0.4, 0.5) is 0 Å². The van der Waals surface area contributed by atoms with Crippen LogP contribution in [-0.4, -0.2) is 52.8 Å². The molecule has 0 unspecified atom stereocenters. The zero-order valence-corrected chi connectivity index (χ0v) is 20.9. The molecule has 1 saturated heterocycles. The van der Waals surface area contributed by atoms with E-state index in [2.05, 4.69) is 4.98 Å². The fourth-order valence-corrected chi connectivity index (χ4v) is 5.19. The lowest BCUT2D eigenvalue weighted by Crippen LogP contribution is -2.49. The Balaban J connectivity index is 1.49. The van der Waals surface area contributed by atoms with Gasteiger partial charge in [-0.15, -0.1) is 11.3 Å². The Morgan fingerprint density at radius 3 is 2.71 bits per heavy atom. The number of benzene rings is 2. The molecule has 2 aromatic carbocycles. The molecule has 1 aliphatic heterocycles. The lowest BCUT2D eigenvalue weighted by atomic mass is 9.90. The molecule has 0 bridgehead atoms. The van der Waals surface area contributed by atoms with E-state index in [1.54, 1.807) is 22.5 Å². The van der Waals surface area contributed by atoms with E-state index in [0.29, 0.717) is 48.1 Å². The second kappa shape index (κ2) is 11.0. The zero-order chi connectivity index (χ0) is 24.1. The summed E-state index contributed by atoms with van der Waals surface area (Å²) in [5.74, 6) is 0.523. The van der Waals surface area contributed by atoms with Crippen LogP contribution in [0.3, 0.4) is 0 Å². The largest absolute Gasteiger partial charge is 0.490 e. The smallest absolute Gasteiger partial charge is 0.265 e. The third-order valence-electron chi connectivity index (χ3n) is 6.10. The van der Waals surface area contributed by atoms with Crippen LogP contribution in [0.2, 0.25) is 5.02 Å². The first kappa shape index (κ1) is 24.2.